The number of hydrogen-bond donors (Lipinski definition) is 0. The molecule has 0 amide bonds. The molecular weight excluding hydrogens is 352 g/mol. The smallest absolute Gasteiger partial charge is 0.273 e. The van der Waals surface area contributed by atoms with Gasteiger partial charge in [0.1, 0.15) is 0 Å². The van der Waals surface area contributed by atoms with Gasteiger partial charge in [-0.25, -0.2) is 0 Å². The number of rotatable bonds is 9. The zero-order valence-corrected chi connectivity index (χ0v) is 16.1. The maximum atomic E-state index is 12.7. The molecule has 0 saturated carbocycles. The molecule has 0 spiro atoms. The number of ketones is 1. The Morgan fingerprint density at radius 3 is 2.52 bits per heavy atom. The van der Waals surface area contributed by atoms with Gasteiger partial charge in [0.2, 0.25) is 5.78 Å². The molecule has 0 unspecified atom stereocenters. The molecule has 0 aliphatic carbocycles. The fourth-order valence-corrected chi connectivity index (χ4v) is 3.17. The predicted molar refractivity (Wildman–Crippen MR) is 100.0 cm³/mol. The molecule has 8 nitrogen and oxygen atoms in total. The van der Waals surface area contributed by atoms with Crippen LogP contribution in [0.5, 0.6) is 11.5 Å². The summed E-state index contributed by atoms with van der Waals surface area (Å²) >= 11 is 0. The third-order valence-corrected chi connectivity index (χ3v) is 4.35. The summed E-state index contributed by atoms with van der Waals surface area (Å²) in [5, 5.41) is 10.9. The van der Waals surface area contributed by atoms with Gasteiger partial charge in [-0.15, -0.1) is 0 Å². The van der Waals surface area contributed by atoms with Crippen molar-refractivity contribution < 1.29 is 23.9 Å². The standard InChI is InChI=1S/C19H24N2O6/c1-12-8-16(14(3)20(12)13(2)10-25-4)17(22)11-27-19-9-15(21(23)24)6-7-18(19)26-5/h6-9,13H,10-11H2,1-5H3/t13-/m1/s1. The van der Waals surface area contributed by atoms with Gasteiger partial charge in [0, 0.05) is 30.1 Å². The van der Waals surface area contributed by atoms with E-state index < -0.39 is 4.92 Å². The summed E-state index contributed by atoms with van der Waals surface area (Å²) in [7, 11) is 3.07. The topological polar surface area (TPSA) is 92.8 Å². The number of hydrogen-bond acceptors (Lipinski definition) is 6. The molecule has 1 heterocycles. The zero-order chi connectivity index (χ0) is 20.1. The highest BCUT2D eigenvalue weighted by atomic mass is 16.6. The first kappa shape index (κ1) is 20.4. The number of nitro benzene ring substituents is 1. The molecule has 2 aromatic rings. The summed E-state index contributed by atoms with van der Waals surface area (Å²) in [6.45, 7) is 6.11. The number of carbonyl (C=O) groups is 1. The number of aryl methyl sites for hydroxylation is 1. The van der Waals surface area contributed by atoms with Crippen LogP contribution in [0, 0.1) is 24.0 Å². The summed E-state index contributed by atoms with van der Waals surface area (Å²) in [4.78, 5) is 23.1. The molecular formula is C19H24N2O6. The number of Topliss-reactive ketones (excluding diaryl/α,β-unsaturated/α-hetero) is 1. The molecule has 0 N–H and O–H groups in total. The first-order valence-electron chi connectivity index (χ1n) is 8.45. The van der Waals surface area contributed by atoms with E-state index in [2.05, 4.69) is 0 Å². The lowest BCUT2D eigenvalue weighted by molar-refractivity contribution is -0.385. The number of benzene rings is 1. The van der Waals surface area contributed by atoms with E-state index >= 15 is 0 Å². The zero-order valence-electron chi connectivity index (χ0n) is 16.1. The van der Waals surface area contributed by atoms with Crippen LogP contribution in [0.15, 0.2) is 24.3 Å². The SMILES string of the molecule is COC[C@@H](C)n1c(C)cc(C(=O)COc2cc([N+](=O)[O-])ccc2OC)c1C. The third-order valence-electron chi connectivity index (χ3n) is 4.35. The van der Waals surface area contributed by atoms with Gasteiger partial charge in [0.15, 0.2) is 18.1 Å². The van der Waals surface area contributed by atoms with E-state index in [4.69, 9.17) is 14.2 Å². The van der Waals surface area contributed by atoms with Gasteiger partial charge < -0.3 is 18.8 Å². The molecule has 27 heavy (non-hydrogen) atoms. The molecule has 0 saturated heterocycles. The van der Waals surface area contributed by atoms with E-state index in [0.717, 1.165) is 11.4 Å². The van der Waals surface area contributed by atoms with Gasteiger partial charge in [0.05, 0.1) is 30.7 Å². The van der Waals surface area contributed by atoms with Crippen LogP contribution in [0.4, 0.5) is 5.69 Å². The number of carbonyl (C=O) groups excluding carboxylic acids is 1. The predicted octanol–water partition coefficient (Wildman–Crippen LogP) is 3.49. The summed E-state index contributed by atoms with van der Waals surface area (Å²) in [5.41, 5.74) is 2.20. The largest absolute Gasteiger partial charge is 0.493 e. The quantitative estimate of drug-likeness (QED) is 0.378. The average Bonchev–Trinajstić information content (AvgIpc) is 2.93. The minimum atomic E-state index is -0.529. The summed E-state index contributed by atoms with van der Waals surface area (Å²) in [6.07, 6.45) is 0. The van der Waals surface area contributed by atoms with Gasteiger partial charge in [-0.1, -0.05) is 0 Å². The summed E-state index contributed by atoms with van der Waals surface area (Å²) in [6, 6.07) is 5.91. The molecule has 2 rings (SSSR count). The lowest BCUT2D eigenvalue weighted by Crippen LogP contribution is -2.16. The van der Waals surface area contributed by atoms with E-state index in [1.165, 1.54) is 25.3 Å². The van der Waals surface area contributed by atoms with Crippen molar-refractivity contribution in [2.24, 2.45) is 0 Å². The molecule has 8 heteroatoms. The van der Waals surface area contributed by atoms with E-state index in [1.54, 1.807) is 7.11 Å². The number of methoxy groups -OCH3 is 2. The Kier molecular flexibility index (Phi) is 6.57. The van der Waals surface area contributed by atoms with Crippen molar-refractivity contribution in [2.75, 3.05) is 27.4 Å². The molecule has 0 aliphatic heterocycles. The summed E-state index contributed by atoms with van der Waals surface area (Å²) < 4.78 is 17.9. The monoisotopic (exact) mass is 376 g/mol. The first-order valence-corrected chi connectivity index (χ1v) is 8.45. The van der Waals surface area contributed by atoms with Crippen LogP contribution >= 0.6 is 0 Å². The molecule has 1 aromatic heterocycles. The normalized spacial score (nSPS) is 11.9. The average molecular weight is 376 g/mol. The van der Waals surface area contributed by atoms with Crippen molar-refractivity contribution in [3.8, 4) is 11.5 Å². The van der Waals surface area contributed by atoms with Crippen LogP contribution in [0.2, 0.25) is 0 Å². The van der Waals surface area contributed by atoms with Gasteiger partial charge in [-0.3, -0.25) is 14.9 Å². The second kappa shape index (κ2) is 8.68. The van der Waals surface area contributed by atoms with Gasteiger partial charge in [-0.2, -0.15) is 0 Å². The van der Waals surface area contributed by atoms with Crippen molar-refractivity contribution in [2.45, 2.75) is 26.8 Å². The van der Waals surface area contributed by atoms with Crippen molar-refractivity contribution in [3.63, 3.8) is 0 Å². The van der Waals surface area contributed by atoms with E-state index in [9.17, 15) is 14.9 Å². The first-order chi connectivity index (χ1) is 12.8. The fraction of sp³-hybridized carbons (Fsp3) is 0.421. The Hall–Kier alpha value is -2.87. The van der Waals surface area contributed by atoms with Gasteiger partial charge in [-0.05, 0) is 32.9 Å². The lowest BCUT2D eigenvalue weighted by atomic mass is 10.1. The van der Waals surface area contributed by atoms with Gasteiger partial charge >= 0.3 is 0 Å². The van der Waals surface area contributed by atoms with E-state index in [-0.39, 0.29) is 29.9 Å². The van der Waals surface area contributed by atoms with Crippen molar-refractivity contribution >= 4 is 11.5 Å². The number of nitrogens with zero attached hydrogens (tertiary/aromatic N) is 2. The van der Waals surface area contributed by atoms with E-state index in [0.29, 0.717) is 17.9 Å². The molecule has 0 radical (unpaired) electrons. The Labute approximate surface area is 157 Å². The molecule has 1 aromatic carbocycles. The Morgan fingerprint density at radius 2 is 1.93 bits per heavy atom. The van der Waals surface area contributed by atoms with Crippen LogP contribution in [0.3, 0.4) is 0 Å². The third kappa shape index (κ3) is 4.46. The maximum Gasteiger partial charge on any atom is 0.273 e. The highest BCUT2D eigenvalue weighted by Crippen LogP contribution is 2.31. The van der Waals surface area contributed by atoms with Crippen LogP contribution in [-0.4, -0.2) is 42.7 Å². The highest BCUT2D eigenvalue weighted by Gasteiger charge is 2.20. The van der Waals surface area contributed by atoms with Crippen molar-refractivity contribution in [1.82, 2.24) is 4.57 Å². The molecule has 0 bridgehead atoms. The number of ether oxygens (including phenoxy) is 3. The Bertz CT molecular complexity index is 843. The van der Waals surface area contributed by atoms with E-state index in [1.807, 2.05) is 31.4 Å². The second-order valence-electron chi connectivity index (χ2n) is 6.26. The van der Waals surface area contributed by atoms with Crippen LogP contribution in [0.25, 0.3) is 0 Å². The van der Waals surface area contributed by atoms with Gasteiger partial charge in [0.25, 0.3) is 5.69 Å². The minimum Gasteiger partial charge on any atom is -0.493 e. The maximum absolute atomic E-state index is 12.7. The molecule has 0 aliphatic rings. The van der Waals surface area contributed by atoms with Crippen LogP contribution < -0.4 is 9.47 Å². The molecule has 1 atom stereocenters. The fourth-order valence-electron chi connectivity index (χ4n) is 3.17. The van der Waals surface area contributed by atoms with Crippen molar-refractivity contribution in [1.29, 1.82) is 0 Å². The van der Waals surface area contributed by atoms with Crippen molar-refractivity contribution in [3.05, 3.63) is 51.3 Å². The lowest BCUT2D eigenvalue weighted by Gasteiger charge is -2.17. The van der Waals surface area contributed by atoms with Crippen LogP contribution in [0.1, 0.15) is 34.7 Å². The Balaban J connectivity index is 2.21. The molecule has 146 valence electrons. The summed E-state index contributed by atoms with van der Waals surface area (Å²) in [5.74, 6) is 0.265. The number of aromatic nitrogens is 1. The minimum absolute atomic E-state index is 0.0920. The molecule has 0 fully saturated rings. The Morgan fingerprint density at radius 1 is 1.22 bits per heavy atom. The van der Waals surface area contributed by atoms with Crippen LogP contribution in [-0.2, 0) is 4.74 Å². The highest BCUT2D eigenvalue weighted by molar-refractivity contribution is 5.98. The second-order valence-corrected chi connectivity index (χ2v) is 6.26. The number of non-ortho nitro benzene ring substituents is 1. The number of nitro groups is 1.